The second kappa shape index (κ2) is 10.7. The summed E-state index contributed by atoms with van der Waals surface area (Å²) in [6.45, 7) is 1.06. The van der Waals surface area contributed by atoms with Crippen LogP contribution in [0.1, 0.15) is 17.0 Å². The van der Waals surface area contributed by atoms with Gasteiger partial charge in [0.1, 0.15) is 23.1 Å². The van der Waals surface area contributed by atoms with Crippen LogP contribution in [-0.4, -0.2) is 40.1 Å². The van der Waals surface area contributed by atoms with Gasteiger partial charge in [-0.25, -0.2) is 14.0 Å². The lowest BCUT2D eigenvalue weighted by Crippen LogP contribution is -2.41. The van der Waals surface area contributed by atoms with Crippen molar-refractivity contribution in [1.29, 1.82) is 5.26 Å². The van der Waals surface area contributed by atoms with E-state index in [4.69, 9.17) is 15.2 Å². The van der Waals surface area contributed by atoms with Gasteiger partial charge in [0.25, 0.3) is 0 Å². The topological polar surface area (TPSA) is 149 Å². The Balaban J connectivity index is 2.42. The average molecular weight is 569 g/mol. The van der Waals surface area contributed by atoms with Crippen molar-refractivity contribution < 1.29 is 49.2 Å². The Labute approximate surface area is 219 Å². The molecule has 2 aromatic rings. The number of rotatable bonds is 6. The molecule has 15 heteroatoms. The van der Waals surface area contributed by atoms with Crippen LogP contribution < -0.4 is 14.8 Å². The fourth-order valence-corrected chi connectivity index (χ4v) is 4.34. The summed E-state index contributed by atoms with van der Waals surface area (Å²) in [5.74, 6) is -6.51. The minimum absolute atomic E-state index is 0.308. The van der Waals surface area contributed by atoms with E-state index in [1.165, 1.54) is 12.1 Å². The van der Waals surface area contributed by atoms with Crippen LogP contribution >= 0.6 is 0 Å². The minimum atomic E-state index is -6.18. The number of anilines is 1. The molecule has 206 valence electrons. The molecule has 0 bridgehead atoms. The molecule has 39 heavy (non-hydrogen) atoms. The van der Waals surface area contributed by atoms with Crippen LogP contribution in [0.3, 0.4) is 0 Å². The zero-order chi connectivity index (χ0) is 29.3. The Bertz CT molecular complexity index is 1550. The van der Waals surface area contributed by atoms with E-state index in [2.05, 4.69) is 4.18 Å². The van der Waals surface area contributed by atoms with E-state index in [1.54, 1.807) is 18.2 Å². The van der Waals surface area contributed by atoms with E-state index in [-0.39, 0.29) is 11.1 Å². The molecular formula is C24H19F4N3O7S. The van der Waals surface area contributed by atoms with Crippen molar-refractivity contribution >= 4 is 27.7 Å². The highest BCUT2D eigenvalue weighted by molar-refractivity contribution is 7.88. The number of hydrogen-bond acceptors (Lipinski definition) is 10. The highest BCUT2D eigenvalue weighted by atomic mass is 32.2. The molecule has 0 spiro atoms. The summed E-state index contributed by atoms with van der Waals surface area (Å²) in [6, 6.07) is 10.8. The van der Waals surface area contributed by atoms with Gasteiger partial charge in [-0.3, -0.25) is 4.90 Å². The van der Waals surface area contributed by atoms with Gasteiger partial charge in [-0.05, 0) is 24.1 Å². The lowest BCUT2D eigenvalue weighted by atomic mass is 9.81. The first kappa shape index (κ1) is 29.0. The molecule has 1 heterocycles. The molecule has 0 radical (unpaired) electrons. The predicted octanol–water partition coefficient (Wildman–Crippen LogP) is 3.26. The van der Waals surface area contributed by atoms with E-state index < -0.39 is 67.8 Å². The molecule has 3 rings (SSSR count). The van der Waals surface area contributed by atoms with Crippen molar-refractivity contribution in [1.82, 2.24) is 0 Å². The number of alkyl halides is 3. The first-order valence-corrected chi connectivity index (χ1v) is 12.1. The molecule has 1 aliphatic rings. The summed E-state index contributed by atoms with van der Waals surface area (Å²) >= 11 is 0. The summed E-state index contributed by atoms with van der Waals surface area (Å²) < 4.78 is 91.3. The van der Waals surface area contributed by atoms with Gasteiger partial charge in [0.05, 0.1) is 43.0 Å². The number of carbonyl (C=O) groups is 2. The normalized spacial score (nSPS) is 16.1. The minimum Gasteiger partial charge on any atom is -0.466 e. The van der Waals surface area contributed by atoms with E-state index in [1.807, 2.05) is 6.07 Å². The molecule has 0 fully saturated rings. The maximum atomic E-state index is 15.3. The second-order valence-corrected chi connectivity index (χ2v) is 9.43. The molecule has 1 atom stereocenters. The third-order valence-electron chi connectivity index (χ3n) is 5.58. The van der Waals surface area contributed by atoms with Crippen molar-refractivity contribution in [2.45, 2.75) is 18.3 Å². The van der Waals surface area contributed by atoms with Crippen molar-refractivity contribution in [2.24, 2.45) is 5.73 Å². The standard InChI is InChI=1S/C24H19F4N3O7S/c1-12-9-15(25)16(10-17(12)38-39(34,35)24(26,27)28)31-20(23(33)37-3)19(22(32)36-2)18(14(11-29)21(31)30)13-7-5-4-6-8-13/h4-10,18H,30H2,1-3H3. The maximum absolute atomic E-state index is 15.3. The number of nitrogens with zero attached hydrogens (tertiary/aromatic N) is 2. The Morgan fingerprint density at radius 2 is 1.67 bits per heavy atom. The summed E-state index contributed by atoms with van der Waals surface area (Å²) in [6.07, 6.45) is 0. The summed E-state index contributed by atoms with van der Waals surface area (Å²) in [7, 11) is -4.28. The van der Waals surface area contributed by atoms with Crippen molar-refractivity contribution in [3.63, 3.8) is 0 Å². The van der Waals surface area contributed by atoms with E-state index in [0.717, 1.165) is 21.1 Å². The Morgan fingerprint density at radius 3 is 2.18 bits per heavy atom. The Morgan fingerprint density at radius 1 is 1.08 bits per heavy atom. The molecule has 1 unspecified atom stereocenters. The number of nitriles is 1. The van der Waals surface area contributed by atoms with Gasteiger partial charge in [-0.2, -0.15) is 26.9 Å². The monoisotopic (exact) mass is 569 g/mol. The van der Waals surface area contributed by atoms with Crippen molar-refractivity contribution in [3.8, 4) is 11.8 Å². The molecule has 1 aliphatic heterocycles. The van der Waals surface area contributed by atoms with E-state index >= 15 is 4.39 Å². The molecule has 0 saturated carbocycles. The molecule has 0 aliphatic carbocycles. The first-order chi connectivity index (χ1) is 18.2. The number of carbonyl (C=O) groups excluding carboxylic acids is 2. The number of aryl methyl sites for hydroxylation is 1. The molecule has 0 aromatic heterocycles. The number of benzene rings is 2. The van der Waals surface area contributed by atoms with Gasteiger partial charge in [0.2, 0.25) is 0 Å². The molecule has 2 N–H and O–H groups in total. The van der Waals surface area contributed by atoms with Gasteiger partial charge < -0.3 is 19.4 Å². The van der Waals surface area contributed by atoms with Gasteiger partial charge in [0, 0.05) is 6.07 Å². The fraction of sp³-hybridized carbons (Fsp3) is 0.208. The predicted molar refractivity (Wildman–Crippen MR) is 126 cm³/mol. The second-order valence-electron chi connectivity index (χ2n) is 7.89. The smallest absolute Gasteiger partial charge is 0.466 e. The average Bonchev–Trinajstić information content (AvgIpc) is 2.88. The number of hydrogen-bond donors (Lipinski definition) is 1. The maximum Gasteiger partial charge on any atom is 0.534 e. The number of esters is 2. The quantitative estimate of drug-likeness (QED) is 0.238. The van der Waals surface area contributed by atoms with Crippen LogP contribution in [0.2, 0.25) is 0 Å². The third kappa shape index (κ3) is 5.23. The Hall–Kier alpha value is -4.58. The summed E-state index contributed by atoms with van der Waals surface area (Å²) in [4.78, 5) is 26.6. The number of allylic oxidation sites excluding steroid dienone is 1. The third-order valence-corrected chi connectivity index (χ3v) is 6.54. The molecule has 10 nitrogen and oxygen atoms in total. The lowest BCUT2D eigenvalue weighted by Gasteiger charge is -2.36. The fourth-order valence-electron chi connectivity index (χ4n) is 3.83. The van der Waals surface area contributed by atoms with Crippen molar-refractivity contribution in [2.75, 3.05) is 19.1 Å². The van der Waals surface area contributed by atoms with Gasteiger partial charge in [0.15, 0.2) is 0 Å². The van der Waals surface area contributed by atoms with Gasteiger partial charge in [-0.1, -0.05) is 30.3 Å². The Kier molecular flexibility index (Phi) is 7.92. The highest BCUT2D eigenvalue weighted by Crippen LogP contribution is 2.45. The van der Waals surface area contributed by atoms with Crippen molar-refractivity contribution in [3.05, 3.63) is 82.1 Å². The number of methoxy groups -OCH3 is 2. The van der Waals surface area contributed by atoms with Crippen LogP contribution in [0.5, 0.6) is 5.75 Å². The molecule has 0 saturated heterocycles. The highest BCUT2D eigenvalue weighted by Gasteiger charge is 2.49. The number of nitrogens with two attached hydrogens (primary N) is 1. The van der Waals surface area contributed by atoms with Crippen LogP contribution in [0.4, 0.5) is 23.2 Å². The first-order valence-electron chi connectivity index (χ1n) is 10.7. The van der Waals surface area contributed by atoms with Gasteiger partial charge in [-0.15, -0.1) is 0 Å². The van der Waals surface area contributed by atoms with Crippen LogP contribution in [0.25, 0.3) is 0 Å². The summed E-state index contributed by atoms with van der Waals surface area (Å²) in [5.41, 5.74) is -2.09. The largest absolute Gasteiger partial charge is 0.534 e. The molecule has 0 amide bonds. The zero-order valence-electron chi connectivity index (χ0n) is 20.4. The summed E-state index contributed by atoms with van der Waals surface area (Å²) in [5, 5.41) is 9.99. The van der Waals surface area contributed by atoms with Gasteiger partial charge >= 0.3 is 27.6 Å². The number of ether oxygens (including phenoxy) is 2. The van der Waals surface area contributed by atoms with Crippen LogP contribution in [0.15, 0.2) is 65.1 Å². The van der Waals surface area contributed by atoms with E-state index in [0.29, 0.717) is 22.6 Å². The van der Waals surface area contributed by atoms with Crippen LogP contribution in [0, 0.1) is 24.1 Å². The SMILES string of the molecule is COC(=O)C1=C(C(=O)OC)N(c2cc(OS(=O)(=O)C(F)(F)F)c(C)cc2F)C(N)=C(C#N)C1c1ccccc1. The molecule has 2 aromatic carbocycles. The van der Waals surface area contributed by atoms with Crippen LogP contribution in [-0.2, 0) is 29.2 Å². The number of halogens is 4. The zero-order valence-corrected chi connectivity index (χ0v) is 21.2. The molecular weight excluding hydrogens is 550 g/mol. The lowest BCUT2D eigenvalue weighted by molar-refractivity contribution is -0.139. The van der Waals surface area contributed by atoms with E-state index in [9.17, 15) is 36.4 Å².